The first-order valence-corrected chi connectivity index (χ1v) is 9.79. The molecule has 3 rings (SSSR count). The first-order valence-electron chi connectivity index (χ1n) is 7.93. The summed E-state index contributed by atoms with van der Waals surface area (Å²) in [6.45, 7) is 1.48. The van der Waals surface area contributed by atoms with E-state index in [1.807, 2.05) is 36.4 Å². The van der Waals surface area contributed by atoms with Crippen molar-refractivity contribution < 1.29 is 13.2 Å². The van der Waals surface area contributed by atoms with Gasteiger partial charge in [0.05, 0.1) is 10.9 Å². The quantitative estimate of drug-likeness (QED) is 0.698. The Bertz CT molecular complexity index is 1070. The van der Waals surface area contributed by atoms with E-state index in [-0.39, 0.29) is 4.90 Å². The smallest absolute Gasteiger partial charge is 0.242 e. The zero-order chi connectivity index (χ0) is 18.7. The number of fused-ring (bicyclic) bond motifs is 1. The number of hydrogen-bond donors (Lipinski definition) is 2. The van der Waals surface area contributed by atoms with Gasteiger partial charge >= 0.3 is 0 Å². The van der Waals surface area contributed by atoms with Gasteiger partial charge in [0.25, 0.3) is 0 Å². The van der Waals surface area contributed by atoms with E-state index in [9.17, 15) is 13.2 Å². The van der Waals surface area contributed by atoms with Crippen LogP contribution in [0.2, 0.25) is 5.02 Å². The molecule has 26 heavy (non-hydrogen) atoms. The van der Waals surface area contributed by atoms with Gasteiger partial charge in [0.15, 0.2) is 0 Å². The number of carbonyl (C=O) groups excluding carboxylic acids is 1. The lowest BCUT2D eigenvalue weighted by Gasteiger charge is -2.15. The van der Waals surface area contributed by atoms with E-state index in [1.54, 1.807) is 12.1 Å². The van der Waals surface area contributed by atoms with Gasteiger partial charge in [-0.05, 0) is 48.0 Å². The maximum absolute atomic E-state index is 12.4. The Morgan fingerprint density at radius 1 is 0.962 bits per heavy atom. The van der Waals surface area contributed by atoms with Crippen LogP contribution in [0, 0.1) is 0 Å². The number of benzene rings is 3. The Hall–Kier alpha value is -2.41. The molecule has 0 aliphatic heterocycles. The highest BCUT2D eigenvalue weighted by atomic mass is 35.5. The molecule has 0 radical (unpaired) electrons. The number of amides is 1. The lowest BCUT2D eigenvalue weighted by atomic mass is 10.1. The molecule has 0 heterocycles. The normalized spacial score (nSPS) is 12.7. The minimum atomic E-state index is -3.85. The maximum atomic E-state index is 12.4. The molecule has 0 unspecified atom stereocenters. The molecule has 0 aromatic heterocycles. The number of hydrogen-bond acceptors (Lipinski definition) is 3. The van der Waals surface area contributed by atoms with Crippen LogP contribution in [0.3, 0.4) is 0 Å². The van der Waals surface area contributed by atoms with Crippen LogP contribution in [-0.2, 0) is 14.8 Å². The molecule has 0 spiro atoms. The average Bonchev–Trinajstić information content (AvgIpc) is 2.61. The van der Waals surface area contributed by atoms with Crippen molar-refractivity contribution in [3.05, 3.63) is 71.8 Å². The van der Waals surface area contributed by atoms with Crippen molar-refractivity contribution in [1.82, 2.24) is 4.72 Å². The molecule has 1 amide bonds. The van der Waals surface area contributed by atoms with Crippen molar-refractivity contribution >= 4 is 44.0 Å². The molecule has 1 atom stereocenters. The molecule has 2 N–H and O–H groups in total. The van der Waals surface area contributed by atoms with Crippen LogP contribution in [0.4, 0.5) is 5.69 Å². The van der Waals surface area contributed by atoms with Crippen LogP contribution in [-0.4, -0.2) is 20.4 Å². The van der Waals surface area contributed by atoms with Crippen LogP contribution < -0.4 is 10.0 Å². The maximum Gasteiger partial charge on any atom is 0.242 e. The highest BCUT2D eigenvalue weighted by molar-refractivity contribution is 7.89. The fourth-order valence-electron chi connectivity index (χ4n) is 2.51. The molecule has 0 saturated carbocycles. The van der Waals surface area contributed by atoms with Crippen LogP contribution >= 0.6 is 11.6 Å². The molecule has 5 nitrogen and oxygen atoms in total. The van der Waals surface area contributed by atoms with Gasteiger partial charge < -0.3 is 5.32 Å². The van der Waals surface area contributed by atoms with Gasteiger partial charge in [-0.15, -0.1) is 0 Å². The molecule has 0 bridgehead atoms. The highest BCUT2D eigenvalue weighted by Crippen LogP contribution is 2.19. The summed E-state index contributed by atoms with van der Waals surface area (Å²) in [6.07, 6.45) is 0. The second-order valence-electron chi connectivity index (χ2n) is 5.85. The zero-order valence-electron chi connectivity index (χ0n) is 13.9. The number of carbonyl (C=O) groups is 1. The van der Waals surface area contributed by atoms with E-state index in [4.69, 9.17) is 11.6 Å². The van der Waals surface area contributed by atoms with E-state index in [2.05, 4.69) is 10.0 Å². The third-order valence-corrected chi connectivity index (χ3v) is 5.62. The van der Waals surface area contributed by atoms with Gasteiger partial charge in [0.1, 0.15) is 0 Å². The lowest BCUT2D eigenvalue weighted by Crippen LogP contribution is -2.41. The van der Waals surface area contributed by atoms with E-state index in [0.29, 0.717) is 10.7 Å². The van der Waals surface area contributed by atoms with Crippen LogP contribution in [0.25, 0.3) is 10.8 Å². The molecule has 7 heteroatoms. The summed E-state index contributed by atoms with van der Waals surface area (Å²) in [4.78, 5) is 12.4. The first-order chi connectivity index (χ1) is 12.3. The monoisotopic (exact) mass is 388 g/mol. The Labute approximate surface area is 157 Å². The first kappa shape index (κ1) is 18.4. The van der Waals surface area contributed by atoms with Crippen LogP contribution in [0.15, 0.2) is 71.6 Å². The number of halogens is 1. The van der Waals surface area contributed by atoms with Crippen molar-refractivity contribution in [2.45, 2.75) is 17.9 Å². The van der Waals surface area contributed by atoms with Crippen molar-refractivity contribution in [3.8, 4) is 0 Å². The molecule has 3 aromatic carbocycles. The Balaban J connectivity index is 1.72. The molecule has 134 valence electrons. The Kier molecular flexibility index (Phi) is 5.27. The molecule has 0 aliphatic rings. The van der Waals surface area contributed by atoms with Gasteiger partial charge in [0.2, 0.25) is 15.9 Å². The Morgan fingerprint density at radius 2 is 1.69 bits per heavy atom. The topological polar surface area (TPSA) is 75.3 Å². The minimum Gasteiger partial charge on any atom is -0.325 e. The van der Waals surface area contributed by atoms with Crippen LogP contribution in [0.1, 0.15) is 6.92 Å². The summed E-state index contributed by atoms with van der Waals surface area (Å²) in [7, 11) is -3.85. The minimum absolute atomic E-state index is 0.00959. The average molecular weight is 389 g/mol. The van der Waals surface area contributed by atoms with Crippen molar-refractivity contribution in [3.63, 3.8) is 0 Å². The Morgan fingerprint density at radius 3 is 2.42 bits per heavy atom. The van der Waals surface area contributed by atoms with Crippen LogP contribution in [0.5, 0.6) is 0 Å². The van der Waals surface area contributed by atoms with Crippen molar-refractivity contribution in [1.29, 1.82) is 0 Å². The third kappa shape index (κ3) is 4.22. The number of nitrogens with one attached hydrogen (secondary N) is 2. The molecular formula is C19H17ClN2O3S. The van der Waals surface area contributed by atoms with E-state index in [0.717, 1.165) is 10.8 Å². The summed E-state index contributed by atoms with van der Waals surface area (Å²) in [5, 5.41) is 5.07. The van der Waals surface area contributed by atoms with E-state index in [1.165, 1.54) is 25.1 Å². The second kappa shape index (κ2) is 7.45. The number of anilines is 1. The van der Waals surface area contributed by atoms with Crippen molar-refractivity contribution in [2.24, 2.45) is 0 Å². The SMILES string of the molecule is C[C@H](NS(=O)(=O)c1cccc(Cl)c1)C(=O)Nc1ccc2ccccc2c1. The molecular weight excluding hydrogens is 372 g/mol. The van der Waals surface area contributed by atoms with Gasteiger partial charge in [-0.25, -0.2) is 8.42 Å². The standard InChI is InChI=1S/C19H17ClN2O3S/c1-13(22-26(24,25)18-8-4-7-16(20)12-18)19(23)21-17-10-9-14-5-2-3-6-15(14)11-17/h2-13,22H,1H3,(H,21,23)/t13-/m0/s1. The van der Waals surface area contributed by atoms with Gasteiger partial charge in [-0.2, -0.15) is 4.72 Å². The van der Waals surface area contributed by atoms with E-state index < -0.39 is 22.0 Å². The second-order valence-corrected chi connectivity index (χ2v) is 8.00. The van der Waals surface area contributed by atoms with Gasteiger partial charge in [-0.1, -0.05) is 48.0 Å². The summed E-state index contributed by atoms with van der Waals surface area (Å²) in [5.74, 6) is -0.453. The summed E-state index contributed by atoms with van der Waals surface area (Å²) < 4.78 is 27.1. The molecule has 0 aliphatic carbocycles. The highest BCUT2D eigenvalue weighted by Gasteiger charge is 2.22. The molecule has 0 saturated heterocycles. The summed E-state index contributed by atoms with van der Waals surface area (Å²) >= 11 is 5.83. The number of sulfonamides is 1. The fraction of sp³-hybridized carbons (Fsp3) is 0.105. The molecule has 3 aromatic rings. The number of rotatable bonds is 5. The summed E-state index contributed by atoms with van der Waals surface area (Å²) in [5.41, 5.74) is 0.600. The predicted octanol–water partition coefficient (Wildman–Crippen LogP) is 3.80. The lowest BCUT2D eigenvalue weighted by molar-refractivity contribution is -0.117. The van der Waals surface area contributed by atoms with Crippen molar-refractivity contribution in [2.75, 3.05) is 5.32 Å². The third-order valence-electron chi connectivity index (χ3n) is 3.85. The van der Waals surface area contributed by atoms with E-state index >= 15 is 0 Å². The predicted molar refractivity (Wildman–Crippen MR) is 104 cm³/mol. The zero-order valence-corrected chi connectivity index (χ0v) is 15.5. The largest absolute Gasteiger partial charge is 0.325 e. The van der Waals surface area contributed by atoms with Gasteiger partial charge in [-0.3, -0.25) is 4.79 Å². The van der Waals surface area contributed by atoms with Gasteiger partial charge in [0, 0.05) is 10.7 Å². The summed E-state index contributed by atoms with van der Waals surface area (Å²) in [6, 6.07) is 18.2. The molecule has 0 fully saturated rings. The fourth-order valence-corrected chi connectivity index (χ4v) is 4.01.